The molecule has 4 rings (SSSR count). The number of rotatable bonds is 2. The standard InChI is InChI=1S/C19H16FN3/c20-14-10-8-13(9-11-14)18-15-5-1-2-6-16(15)22-19(23-18)17-7-3-4-12-21-17/h3-5,7-12,18H,1-2,6H2. The number of allylic oxidation sites excluding steroid dienone is 1. The molecule has 1 aromatic carbocycles. The third-order valence-electron chi connectivity index (χ3n) is 4.18. The number of amidine groups is 1. The number of aromatic nitrogens is 1. The third kappa shape index (κ3) is 2.72. The summed E-state index contributed by atoms with van der Waals surface area (Å²) >= 11 is 0. The van der Waals surface area contributed by atoms with Crippen LogP contribution in [0.2, 0.25) is 0 Å². The molecule has 1 unspecified atom stereocenters. The second kappa shape index (κ2) is 5.88. The quantitative estimate of drug-likeness (QED) is 0.816. The van der Waals surface area contributed by atoms with Crippen LogP contribution in [0.3, 0.4) is 0 Å². The Morgan fingerprint density at radius 2 is 1.91 bits per heavy atom. The highest BCUT2D eigenvalue weighted by Gasteiger charge is 2.27. The average molecular weight is 305 g/mol. The maximum Gasteiger partial charge on any atom is 0.174 e. The predicted octanol–water partition coefficient (Wildman–Crippen LogP) is 4.27. The van der Waals surface area contributed by atoms with Crippen LogP contribution in [0.25, 0.3) is 0 Å². The molecule has 23 heavy (non-hydrogen) atoms. The van der Waals surface area contributed by atoms with Crippen LogP contribution >= 0.6 is 0 Å². The van der Waals surface area contributed by atoms with Crippen molar-refractivity contribution in [2.24, 2.45) is 9.98 Å². The van der Waals surface area contributed by atoms with Crippen LogP contribution in [0.4, 0.5) is 4.39 Å². The van der Waals surface area contributed by atoms with Gasteiger partial charge >= 0.3 is 0 Å². The molecular formula is C19H16FN3. The first-order chi connectivity index (χ1) is 11.3. The van der Waals surface area contributed by atoms with Crippen molar-refractivity contribution >= 4 is 11.5 Å². The smallest absolute Gasteiger partial charge is 0.174 e. The zero-order valence-corrected chi connectivity index (χ0v) is 12.6. The van der Waals surface area contributed by atoms with Crippen LogP contribution < -0.4 is 0 Å². The molecule has 0 bridgehead atoms. The highest BCUT2D eigenvalue weighted by molar-refractivity contribution is 6.14. The number of hydrogen-bond donors (Lipinski definition) is 0. The molecule has 0 N–H and O–H groups in total. The van der Waals surface area contributed by atoms with Gasteiger partial charge < -0.3 is 0 Å². The first-order valence-corrected chi connectivity index (χ1v) is 7.84. The van der Waals surface area contributed by atoms with Crippen molar-refractivity contribution < 1.29 is 4.39 Å². The summed E-state index contributed by atoms with van der Waals surface area (Å²) in [6, 6.07) is 12.2. The van der Waals surface area contributed by atoms with E-state index in [9.17, 15) is 4.39 Å². The zero-order valence-electron chi connectivity index (χ0n) is 12.6. The van der Waals surface area contributed by atoms with Crippen molar-refractivity contribution in [1.29, 1.82) is 0 Å². The average Bonchev–Trinajstić information content (AvgIpc) is 2.62. The Hall–Kier alpha value is -2.62. The number of hydrogen-bond acceptors (Lipinski definition) is 3. The fourth-order valence-corrected chi connectivity index (χ4v) is 3.05. The van der Waals surface area contributed by atoms with Gasteiger partial charge in [-0.15, -0.1) is 0 Å². The molecule has 114 valence electrons. The lowest BCUT2D eigenvalue weighted by Gasteiger charge is -2.26. The van der Waals surface area contributed by atoms with E-state index in [4.69, 9.17) is 9.98 Å². The van der Waals surface area contributed by atoms with Crippen LogP contribution in [0.15, 0.2) is 70.3 Å². The number of pyridine rings is 1. The minimum Gasteiger partial charge on any atom is -0.253 e. The van der Waals surface area contributed by atoms with Crippen LogP contribution in [0.5, 0.6) is 0 Å². The predicted molar refractivity (Wildman–Crippen MR) is 89.3 cm³/mol. The third-order valence-corrected chi connectivity index (χ3v) is 4.18. The van der Waals surface area contributed by atoms with Gasteiger partial charge in [0.05, 0.1) is 0 Å². The Morgan fingerprint density at radius 3 is 2.70 bits per heavy atom. The summed E-state index contributed by atoms with van der Waals surface area (Å²) in [5.74, 6) is 0.430. The van der Waals surface area contributed by atoms with Crippen molar-refractivity contribution in [1.82, 2.24) is 4.98 Å². The molecule has 0 saturated carbocycles. The monoisotopic (exact) mass is 305 g/mol. The Balaban J connectivity index is 1.82. The molecule has 0 amide bonds. The van der Waals surface area contributed by atoms with Gasteiger partial charge in [-0.05, 0) is 54.7 Å². The first-order valence-electron chi connectivity index (χ1n) is 7.84. The summed E-state index contributed by atoms with van der Waals surface area (Å²) in [5, 5.41) is 0. The van der Waals surface area contributed by atoms with Gasteiger partial charge in [0.15, 0.2) is 5.84 Å². The lowest BCUT2D eigenvalue weighted by Crippen LogP contribution is -2.22. The largest absolute Gasteiger partial charge is 0.253 e. The zero-order chi connectivity index (χ0) is 15.6. The van der Waals surface area contributed by atoms with E-state index in [0.29, 0.717) is 5.84 Å². The minimum absolute atomic E-state index is 0.125. The van der Waals surface area contributed by atoms with E-state index in [1.54, 1.807) is 18.3 Å². The molecule has 2 aromatic rings. The van der Waals surface area contributed by atoms with Crippen LogP contribution in [0.1, 0.15) is 36.6 Å². The van der Waals surface area contributed by atoms with Crippen molar-refractivity contribution in [2.45, 2.75) is 25.3 Å². The van der Waals surface area contributed by atoms with Crippen molar-refractivity contribution in [2.75, 3.05) is 0 Å². The van der Waals surface area contributed by atoms with Crippen molar-refractivity contribution in [3.05, 3.63) is 77.4 Å². The van der Waals surface area contributed by atoms with E-state index in [-0.39, 0.29) is 11.9 Å². The molecule has 1 atom stereocenters. The van der Waals surface area contributed by atoms with Gasteiger partial charge in [0.25, 0.3) is 0 Å². The van der Waals surface area contributed by atoms with Crippen LogP contribution in [-0.2, 0) is 0 Å². The van der Waals surface area contributed by atoms with Gasteiger partial charge in [0.1, 0.15) is 17.6 Å². The molecule has 0 radical (unpaired) electrons. The second-order valence-electron chi connectivity index (χ2n) is 5.73. The number of fused-ring (bicyclic) bond motifs is 1. The van der Waals surface area contributed by atoms with Gasteiger partial charge in [-0.25, -0.2) is 9.38 Å². The van der Waals surface area contributed by atoms with E-state index < -0.39 is 0 Å². The molecule has 1 aliphatic carbocycles. The number of nitrogens with zero attached hydrogens (tertiary/aromatic N) is 3. The second-order valence-corrected chi connectivity index (χ2v) is 5.73. The summed E-state index contributed by atoms with van der Waals surface area (Å²) in [4.78, 5) is 13.9. The SMILES string of the molecule is Fc1ccc(C2N=C(c3ccccn3)N=C3CCCC=C32)cc1. The van der Waals surface area contributed by atoms with Crippen LogP contribution in [0, 0.1) is 5.82 Å². The fraction of sp³-hybridized carbons (Fsp3) is 0.211. The molecule has 2 heterocycles. The van der Waals surface area contributed by atoms with E-state index >= 15 is 0 Å². The summed E-state index contributed by atoms with van der Waals surface area (Å²) in [7, 11) is 0. The molecule has 4 heteroatoms. The Morgan fingerprint density at radius 1 is 1.04 bits per heavy atom. The molecule has 1 aliphatic heterocycles. The fourth-order valence-electron chi connectivity index (χ4n) is 3.05. The molecule has 0 spiro atoms. The molecule has 0 saturated heterocycles. The van der Waals surface area contributed by atoms with Crippen LogP contribution in [-0.4, -0.2) is 16.5 Å². The first kappa shape index (κ1) is 14.0. The Labute approximate surface area is 134 Å². The summed E-state index contributed by atoms with van der Waals surface area (Å²) in [6.45, 7) is 0. The lowest BCUT2D eigenvalue weighted by molar-refractivity contribution is 0.626. The van der Waals surface area contributed by atoms with E-state index in [2.05, 4.69) is 11.1 Å². The van der Waals surface area contributed by atoms with E-state index in [0.717, 1.165) is 41.8 Å². The number of halogens is 1. The topological polar surface area (TPSA) is 37.6 Å². The number of benzene rings is 1. The van der Waals surface area contributed by atoms with Gasteiger partial charge in [-0.2, -0.15) is 0 Å². The summed E-state index contributed by atoms with van der Waals surface area (Å²) in [6.07, 6.45) is 7.07. The van der Waals surface area contributed by atoms with Gasteiger partial charge in [-0.1, -0.05) is 24.3 Å². The van der Waals surface area contributed by atoms with Gasteiger partial charge in [-0.3, -0.25) is 9.98 Å². The summed E-state index contributed by atoms with van der Waals surface area (Å²) < 4.78 is 13.2. The maximum absolute atomic E-state index is 13.2. The minimum atomic E-state index is -0.231. The molecule has 2 aliphatic rings. The Kier molecular flexibility index (Phi) is 3.58. The highest BCUT2D eigenvalue weighted by atomic mass is 19.1. The number of aliphatic imine (C=N–C) groups is 2. The normalized spacial score (nSPS) is 20.2. The van der Waals surface area contributed by atoms with E-state index in [1.807, 2.05) is 18.2 Å². The molecule has 3 nitrogen and oxygen atoms in total. The Bertz CT molecular complexity index is 804. The lowest BCUT2D eigenvalue weighted by atomic mass is 9.87. The molecule has 1 aromatic heterocycles. The van der Waals surface area contributed by atoms with E-state index in [1.165, 1.54) is 12.1 Å². The maximum atomic E-state index is 13.2. The summed E-state index contributed by atoms with van der Waals surface area (Å²) in [5.41, 5.74) is 4.00. The van der Waals surface area contributed by atoms with Crippen molar-refractivity contribution in [3.8, 4) is 0 Å². The van der Waals surface area contributed by atoms with Gasteiger partial charge in [0.2, 0.25) is 0 Å². The molecular weight excluding hydrogens is 289 g/mol. The van der Waals surface area contributed by atoms with Gasteiger partial charge in [0, 0.05) is 11.9 Å². The molecule has 0 fully saturated rings. The highest BCUT2D eigenvalue weighted by Crippen LogP contribution is 2.35. The van der Waals surface area contributed by atoms with Crippen molar-refractivity contribution in [3.63, 3.8) is 0 Å².